The van der Waals surface area contributed by atoms with Gasteiger partial charge in [-0.15, -0.1) is 0 Å². The highest BCUT2D eigenvalue weighted by Crippen LogP contribution is 2.44. The number of aryl methyl sites for hydroxylation is 1. The first-order chi connectivity index (χ1) is 14.1. The summed E-state index contributed by atoms with van der Waals surface area (Å²) in [5.74, 6) is 2.06. The lowest BCUT2D eigenvalue weighted by Crippen LogP contribution is -2.31. The Labute approximate surface area is 173 Å². The molecule has 0 amide bonds. The van der Waals surface area contributed by atoms with Crippen LogP contribution < -0.4 is 9.47 Å². The normalized spacial score (nSPS) is 17.0. The third-order valence-corrected chi connectivity index (χ3v) is 5.38. The molecule has 0 atom stereocenters. The number of benzene rings is 2. The fraction of sp³-hybridized carbons (Fsp3) is 0.174. The number of Topliss-reactive ketones (excluding diaryl/α,β-unsaturated/α-hetero) is 1. The van der Waals surface area contributed by atoms with E-state index < -0.39 is 0 Å². The number of carbonyl (C=O) groups excluding carboxylic acids is 1. The molecule has 2 aliphatic rings. The molecular formula is C23H18ClNO4. The van der Waals surface area contributed by atoms with E-state index in [0.717, 1.165) is 22.4 Å². The Hall–Kier alpha value is -3.02. The van der Waals surface area contributed by atoms with Crippen LogP contribution in [-0.4, -0.2) is 17.4 Å². The van der Waals surface area contributed by atoms with Crippen LogP contribution >= 0.6 is 11.6 Å². The quantitative estimate of drug-likeness (QED) is 0.558. The summed E-state index contributed by atoms with van der Waals surface area (Å²) in [5.41, 5.74) is 3.47. The maximum Gasteiger partial charge on any atom is 0.232 e. The minimum absolute atomic E-state index is 0.133. The summed E-state index contributed by atoms with van der Waals surface area (Å²) in [7, 11) is 0. The molecule has 0 spiro atoms. The van der Waals surface area contributed by atoms with Crippen molar-refractivity contribution < 1.29 is 18.7 Å². The minimum atomic E-state index is -0.133. The molecule has 3 heterocycles. The Morgan fingerprint density at radius 2 is 2.03 bits per heavy atom. The topological polar surface area (TPSA) is 51.9 Å². The zero-order valence-corrected chi connectivity index (χ0v) is 16.5. The van der Waals surface area contributed by atoms with Crippen molar-refractivity contribution >= 4 is 23.5 Å². The van der Waals surface area contributed by atoms with Crippen LogP contribution in [0.15, 0.2) is 58.9 Å². The van der Waals surface area contributed by atoms with Gasteiger partial charge in [-0.1, -0.05) is 23.7 Å². The molecule has 2 aliphatic heterocycles. The standard InChI is InChI=1S/C23H18ClNO4/c1-14-9-19-18(12-25(13-28-19)11-15-4-6-16(24)7-5-15)23-21(14)22(26)20(29-23)10-17-3-2-8-27-17/h2-10H,11-13H2,1H3/b20-10-. The van der Waals surface area contributed by atoms with E-state index in [4.69, 9.17) is 25.5 Å². The molecule has 1 aromatic heterocycles. The molecule has 0 N–H and O–H groups in total. The molecule has 0 unspecified atom stereocenters. The van der Waals surface area contributed by atoms with Crippen LogP contribution in [-0.2, 0) is 13.1 Å². The smallest absolute Gasteiger partial charge is 0.232 e. The van der Waals surface area contributed by atoms with E-state index in [1.165, 1.54) is 0 Å². The van der Waals surface area contributed by atoms with Gasteiger partial charge in [0, 0.05) is 24.2 Å². The van der Waals surface area contributed by atoms with Crippen molar-refractivity contribution in [3.05, 3.63) is 87.5 Å². The number of fused-ring (bicyclic) bond motifs is 3. The van der Waals surface area contributed by atoms with Gasteiger partial charge in [0.2, 0.25) is 5.78 Å². The van der Waals surface area contributed by atoms with E-state index in [1.807, 2.05) is 37.3 Å². The molecule has 5 nitrogen and oxygen atoms in total. The number of ketones is 1. The van der Waals surface area contributed by atoms with Gasteiger partial charge in [-0.05, 0) is 48.4 Å². The third kappa shape index (κ3) is 3.33. The molecular weight excluding hydrogens is 390 g/mol. The maximum atomic E-state index is 12.9. The molecule has 29 heavy (non-hydrogen) atoms. The number of nitrogens with zero attached hydrogens (tertiary/aromatic N) is 1. The molecule has 0 radical (unpaired) electrons. The van der Waals surface area contributed by atoms with Crippen molar-refractivity contribution in [3.8, 4) is 11.5 Å². The van der Waals surface area contributed by atoms with Crippen molar-refractivity contribution in [2.45, 2.75) is 20.0 Å². The van der Waals surface area contributed by atoms with Gasteiger partial charge in [0.15, 0.2) is 5.76 Å². The largest absolute Gasteiger partial charge is 0.478 e. The van der Waals surface area contributed by atoms with Gasteiger partial charge in [-0.3, -0.25) is 9.69 Å². The third-order valence-electron chi connectivity index (χ3n) is 5.12. The highest BCUT2D eigenvalue weighted by Gasteiger charge is 2.35. The molecule has 0 saturated heterocycles. The molecule has 0 bridgehead atoms. The highest BCUT2D eigenvalue weighted by molar-refractivity contribution is 6.30. The van der Waals surface area contributed by atoms with Crippen LogP contribution in [0.4, 0.5) is 0 Å². The van der Waals surface area contributed by atoms with Gasteiger partial charge in [-0.25, -0.2) is 0 Å². The zero-order valence-electron chi connectivity index (χ0n) is 15.8. The average Bonchev–Trinajstić information content (AvgIpc) is 3.33. The molecule has 0 aliphatic carbocycles. The van der Waals surface area contributed by atoms with E-state index in [0.29, 0.717) is 41.9 Å². The van der Waals surface area contributed by atoms with Gasteiger partial charge in [0.05, 0.1) is 17.4 Å². The summed E-state index contributed by atoms with van der Waals surface area (Å²) in [4.78, 5) is 15.1. The zero-order chi connectivity index (χ0) is 20.0. The van der Waals surface area contributed by atoms with Crippen LogP contribution in [0, 0.1) is 6.92 Å². The predicted molar refractivity (Wildman–Crippen MR) is 109 cm³/mol. The number of furan rings is 1. The number of hydrogen-bond acceptors (Lipinski definition) is 5. The Morgan fingerprint density at radius 3 is 2.79 bits per heavy atom. The van der Waals surface area contributed by atoms with Crippen molar-refractivity contribution in [1.82, 2.24) is 4.90 Å². The number of halogens is 1. The van der Waals surface area contributed by atoms with E-state index in [2.05, 4.69) is 4.90 Å². The first kappa shape index (κ1) is 18.0. The number of allylic oxidation sites excluding steroid dienone is 1. The average molecular weight is 408 g/mol. The number of rotatable bonds is 3. The summed E-state index contributed by atoms with van der Waals surface area (Å²) in [6.45, 7) is 3.71. The molecule has 2 aromatic carbocycles. The van der Waals surface area contributed by atoms with E-state index >= 15 is 0 Å². The number of hydrogen-bond donors (Lipinski definition) is 0. The van der Waals surface area contributed by atoms with E-state index in [1.54, 1.807) is 24.5 Å². The van der Waals surface area contributed by atoms with Crippen LogP contribution in [0.5, 0.6) is 11.5 Å². The van der Waals surface area contributed by atoms with Gasteiger partial charge >= 0.3 is 0 Å². The van der Waals surface area contributed by atoms with Gasteiger partial charge in [-0.2, -0.15) is 0 Å². The van der Waals surface area contributed by atoms with Gasteiger partial charge in [0.25, 0.3) is 0 Å². The molecule has 146 valence electrons. The lowest BCUT2D eigenvalue weighted by molar-refractivity contribution is 0.0872. The van der Waals surface area contributed by atoms with Crippen molar-refractivity contribution in [1.29, 1.82) is 0 Å². The van der Waals surface area contributed by atoms with Crippen LogP contribution in [0.25, 0.3) is 6.08 Å². The van der Waals surface area contributed by atoms with Crippen molar-refractivity contribution in [2.24, 2.45) is 0 Å². The van der Waals surface area contributed by atoms with E-state index in [-0.39, 0.29) is 11.5 Å². The van der Waals surface area contributed by atoms with Gasteiger partial charge < -0.3 is 13.9 Å². The Bertz CT molecular complexity index is 1120. The van der Waals surface area contributed by atoms with Crippen molar-refractivity contribution in [2.75, 3.05) is 6.73 Å². The van der Waals surface area contributed by atoms with E-state index in [9.17, 15) is 4.79 Å². The second-order valence-corrected chi connectivity index (χ2v) is 7.65. The maximum absolute atomic E-state index is 12.9. The molecule has 3 aromatic rings. The summed E-state index contributed by atoms with van der Waals surface area (Å²) >= 11 is 5.98. The molecule has 0 fully saturated rings. The lowest BCUT2D eigenvalue weighted by atomic mass is 9.98. The number of ether oxygens (including phenoxy) is 2. The van der Waals surface area contributed by atoms with Crippen molar-refractivity contribution in [3.63, 3.8) is 0 Å². The fourth-order valence-electron chi connectivity index (χ4n) is 3.73. The molecule has 0 saturated carbocycles. The number of carbonyl (C=O) groups is 1. The molecule has 5 rings (SSSR count). The lowest BCUT2D eigenvalue weighted by Gasteiger charge is -2.30. The monoisotopic (exact) mass is 407 g/mol. The first-order valence-corrected chi connectivity index (χ1v) is 9.70. The highest BCUT2D eigenvalue weighted by atomic mass is 35.5. The summed E-state index contributed by atoms with van der Waals surface area (Å²) in [5, 5.41) is 0.713. The summed E-state index contributed by atoms with van der Waals surface area (Å²) in [6, 6.07) is 13.2. The minimum Gasteiger partial charge on any atom is -0.478 e. The Kier molecular flexibility index (Phi) is 4.42. The first-order valence-electron chi connectivity index (χ1n) is 9.32. The van der Waals surface area contributed by atoms with Crippen LogP contribution in [0.1, 0.15) is 32.8 Å². The second-order valence-electron chi connectivity index (χ2n) is 7.22. The molecule has 6 heteroatoms. The summed E-state index contributed by atoms with van der Waals surface area (Å²) in [6.07, 6.45) is 3.19. The summed E-state index contributed by atoms with van der Waals surface area (Å²) < 4.78 is 17.3. The second kappa shape index (κ2) is 7.10. The Morgan fingerprint density at radius 1 is 1.21 bits per heavy atom. The van der Waals surface area contributed by atoms with Crippen LogP contribution in [0.3, 0.4) is 0 Å². The Balaban J connectivity index is 1.46. The SMILES string of the molecule is Cc1cc2c(c3c1C(=O)/C(=C/c1ccco1)O3)CN(Cc1ccc(Cl)cc1)CO2. The van der Waals surface area contributed by atoms with Crippen LogP contribution in [0.2, 0.25) is 5.02 Å². The van der Waals surface area contributed by atoms with Gasteiger partial charge in [0.1, 0.15) is 24.0 Å². The fourth-order valence-corrected chi connectivity index (χ4v) is 3.85. The predicted octanol–water partition coefficient (Wildman–Crippen LogP) is 5.21.